The zero-order valence-corrected chi connectivity index (χ0v) is 12.6. The number of fused-ring (bicyclic) bond motifs is 1. The molecule has 1 N–H and O–H groups in total. The van der Waals surface area contributed by atoms with Crippen molar-refractivity contribution in [1.82, 2.24) is 5.32 Å². The first-order valence-corrected chi connectivity index (χ1v) is 7.95. The van der Waals surface area contributed by atoms with Crippen LogP contribution in [-0.2, 0) is 0 Å². The Kier molecular flexibility index (Phi) is 4.15. The molecule has 1 atom stereocenters. The summed E-state index contributed by atoms with van der Waals surface area (Å²) < 4.78 is 11.3. The van der Waals surface area contributed by atoms with Gasteiger partial charge in [0.1, 0.15) is 0 Å². The molecular formula is C17H23NO3. The summed E-state index contributed by atoms with van der Waals surface area (Å²) in [4.78, 5) is 13.0. The van der Waals surface area contributed by atoms with E-state index in [1.165, 1.54) is 0 Å². The molecule has 3 rings (SSSR count). The molecule has 0 aromatic heterocycles. The van der Waals surface area contributed by atoms with Gasteiger partial charge in [-0.3, -0.25) is 4.79 Å². The molecule has 0 spiro atoms. The lowest BCUT2D eigenvalue weighted by atomic mass is 9.84. The number of benzene rings is 1. The fourth-order valence-corrected chi connectivity index (χ4v) is 3.33. The van der Waals surface area contributed by atoms with Gasteiger partial charge in [0.2, 0.25) is 0 Å². The van der Waals surface area contributed by atoms with Crippen molar-refractivity contribution in [3.05, 3.63) is 23.8 Å². The highest BCUT2D eigenvalue weighted by molar-refractivity contribution is 6.04. The topological polar surface area (TPSA) is 47.6 Å². The third-order valence-corrected chi connectivity index (χ3v) is 4.36. The van der Waals surface area contributed by atoms with Crippen LogP contribution < -0.4 is 14.8 Å². The minimum Gasteiger partial charge on any atom is -0.490 e. The Morgan fingerprint density at radius 3 is 2.76 bits per heavy atom. The van der Waals surface area contributed by atoms with E-state index in [-0.39, 0.29) is 11.3 Å². The van der Waals surface area contributed by atoms with Crippen LogP contribution in [-0.4, -0.2) is 31.1 Å². The van der Waals surface area contributed by atoms with Gasteiger partial charge < -0.3 is 14.8 Å². The summed E-state index contributed by atoms with van der Waals surface area (Å²) in [6.07, 6.45) is 4.76. The summed E-state index contributed by atoms with van der Waals surface area (Å²) in [5.74, 6) is 1.63. The van der Waals surface area contributed by atoms with Crippen molar-refractivity contribution in [2.24, 2.45) is 0 Å². The summed E-state index contributed by atoms with van der Waals surface area (Å²) in [5, 5.41) is 3.44. The van der Waals surface area contributed by atoms with Crippen molar-refractivity contribution in [2.45, 2.75) is 44.6 Å². The van der Waals surface area contributed by atoms with Crippen LogP contribution in [0.25, 0.3) is 0 Å². The summed E-state index contributed by atoms with van der Waals surface area (Å²) in [6, 6.07) is 5.58. The van der Waals surface area contributed by atoms with E-state index in [2.05, 4.69) is 12.2 Å². The molecule has 4 heteroatoms. The molecule has 0 radical (unpaired) electrons. The molecule has 2 heterocycles. The van der Waals surface area contributed by atoms with Crippen molar-refractivity contribution in [2.75, 3.05) is 19.8 Å². The maximum atomic E-state index is 13.0. The molecule has 4 nitrogen and oxygen atoms in total. The van der Waals surface area contributed by atoms with Crippen LogP contribution in [0, 0.1) is 0 Å². The van der Waals surface area contributed by atoms with Crippen LogP contribution in [0.3, 0.4) is 0 Å². The summed E-state index contributed by atoms with van der Waals surface area (Å²) in [7, 11) is 0. The third-order valence-electron chi connectivity index (χ3n) is 4.36. The van der Waals surface area contributed by atoms with E-state index in [1.54, 1.807) is 0 Å². The van der Waals surface area contributed by atoms with Crippen LogP contribution in [0.5, 0.6) is 11.5 Å². The van der Waals surface area contributed by atoms with Gasteiger partial charge in [-0.1, -0.05) is 13.3 Å². The second-order valence-corrected chi connectivity index (χ2v) is 5.90. The number of hydrogen-bond acceptors (Lipinski definition) is 4. The van der Waals surface area contributed by atoms with Crippen LogP contribution >= 0.6 is 0 Å². The van der Waals surface area contributed by atoms with Crippen LogP contribution in [0.1, 0.15) is 49.4 Å². The van der Waals surface area contributed by atoms with E-state index in [0.29, 0.717) is 19.0 Å². The molecule has 114 valence electrons. The number of nitrogens with one attached hydrogen (secondary N) is 1. The SMILES string of the molecule is CCCC1(C(=O)c2ccc3c(c2)OCCCO3)CCCN1. The normalized spacial score (nSPS) is 24.6. The number of carbonyl (C=O) groups is 1. The zero-order chi connectivity index (χ0) is 14.7. The maximum absolute atomic E-state index is 13.0. The Bertz CT molecular complexity index is 521. The average Bonchev–Trinajstić information content (AvgIpc) is 2.85. The van der Waals surface area contributed by atoms with Gasteiger partial charge >= 0.3 is 0 Å². The molecule has 2 aliphatic rings. The molecule has 0 saturated carbocycles. The largest absolute Gasteiger partial charge is 0.490 e. The number of Topliss-reactive ketones (excluding diaryl/α,β-unsaturated/α-hetero) is 1. The van der Waals surface area contributed by atoms with E-state index in [0.717, 1.165) is 50.0 Å². The molecule has 1 unspecified atom stereocenters. The Morgan fingerprint density at radius 1 is 1.24 bits per heavy atom. The highest BCUT2D eigenvalue weighted by Crippen LogP contribution is 2.34. The fraction of sp³-hybridized carbons (Fsp3) is 0.588. The second-order valence-electron chi connectivity index (χ2n) is 5.90. The van der Waals surface area contributed by atoms with Crippen molar-refractivity contribution in [1.29, 1.82) is 0 Å². The first-order valence-electron chi connectivity index (χ1n) is 7.95. The van der Waals surface area contributed by atoms with Gasteiger partial charge in [0.05, 0.1) is 18.8 Å². The first kappa shape index (κ1) is 14.4. The molecule has 0 amide bonds. The first-order chi connectivity index (χ1) is 10.2. The van der Waals surface area contributed by atoms with Gasteiger partial charge in [-0.15, -0.1) is 0 Å². The summed E-state index contributed by atoms with van der Waals surface area (Å²) >= 11 is 0. The number of rotatable bonds is 4. The van der Waals surface area contributed by atoms with Crippen LogP contribution in [0.4, 0.5) is 0 Å². The quantitative estimate of drug-likeness (QED) is 0.866. The Balaban J connectivity index is 1.89. The lowest BCUT2D eigenvalue weighted by molar-refractivity contribution is 0.0857. The minimum atomic E-state index is -0.380. The van der Waals surface area contributed by atoms with Gasteiger partial charge in [-0.2, -0.15) is 0 Å². The summed E-state index contributed by atoms with van der Waals surface area (Å²) in [5.41, 5.74) is 0.344. The predicted octanol–water partition coefficient (Wildman–Crippen LogP) is 2.95. The molecule has 1 aromatic carbocycles. The van der Waals surface area contributed by atoms with E-state index in [1.807, 2.05) is 18.2 Å². The van der Waals surface area contributed by atoms with E-state index >= 15 is 0 Å². The van der Waals surface area contributed by atoms with Crippen LogP contribution in [0.15, 0.2) is 18.2 Å². The number of hydrogen-bond donors (Lipinski definition) is 1. The third kappa shape index (κ3) is 2.77. The number of ether oxygens (including phenoxy) is 2. The van der Waals surface area contributed by atoms with Gasteiger partial charge in [0.25, 0.3) is 0 Å². The van der Waals surface area contributed by atoms with Gasteiger partial charge in [-0.05, 0) is 44.0 Å². The molecule has 0 bridgehead atoms. The van der Waals surface area contributed by atoms with Gasteiger partial charge in [0, 0.05) is 12.0 Å². The van der Waals surface area contributed by atoms with E-state index < -0.39 is 0 Å². The molecule has 1 aromatic rings. The predicted molar refractivity (Wildman–Crippen MR) is 81.3 cm³/mol. The standard InChI is InChI=1S/C17H23NO3/c1-2-7-17(8-3-9-18-17)16(19)13-5-6-14-15(12-13)21-11-4-10-20-14/h5-6,12,18H,2-4,7-11H2,1H3. The molecule has 21 heavy (non-hydrogen) atoms. The van der Waals surface area contributed by atoms with Gasteiger partial charge in [0.15, 0.2) is 17.3 Å². The second kappa shape index (κ2) is 6.06. The smallest absolute Gasteiger partial charge is 0.182 e. The Morgan fingerprint density at radius 2 is 2.05 bits per heavy atom. The van der Waals surface area contributed by atoms with Crippen molar-refractivity contribution in [3.63, 3.8) is 0 Å². The minimum absolute atomic E-state index is 0.192. The summed E-state index contributed by atoms with van der Waals surface area (Å²) in [6.45, 7) is 4.36. The average molecular weight is 289 g/mol. The number of ketones is 1. The fourth-order valence-electron chi connectivity index (χ4n) is 3.33. The molecule has 1 fully saturated rings. The molecule has 0 aliphatic carbocycles. The highest BCUT2D eigenvalue weighted by Gasteiger charge is 2.40. The van der Waals surface area contributed by atoms with Crippen LogP contribution in [0.2, 0.25) is 0 Å². The van der Waals surface area contributed by atoms with Crippen molar-refractivity contribution < 1.29 is 14.3 Å². The molecule has 2 aliphatic heterocycles. The van der Waals surface area contributed by atoms with Crippen molar-refractivity contribution in [3.8, 4) is 11.5 Å². The highest BCUT2D eigenvalue weighted by atomic mass is 16.5. The number of carbonyl (C=O) groups excluding carboxylic acids is 1. The monoisotopic (exact) mass is 289 g/mol. The lowest BCUT2D eigenvalue weighted by Crippen LogP contribution is -2.47. The maximum Gasteiger partial charge on any atom is 0.182 e. The molecule has 1 saturated heterocycles. The van der Waals surface area contributed by atoms with Crippen molar-refractivity contribution >= 4 is 5.78 Å². The molecular weight excluding hydrogens is 266 g/mol. The van der Waals surface area contributed by atoms with E-state index in [4.69, 9.17) is 9.47 Å². The zero-order valence-electron chi connectivity index (χ0n) is 12.6. The lowest BCUT2D eigenvalue weighted by Gasteiger charge is -2.28. The Labute approximate surface area is 125 Å². The van der Waals surface area contributed by atoms with E-state index in [9.17, 15) is 4.79 Å². The Hall–Kier alpha value is -1.55. The van der Waals surface area contributed by atoms with Gasteiger partial charge in [-0.25, -0.2) is 0 Å².